The van der Waals surface area contributed by atoms with Crippen molar-refractivity contribution in [3.05, 3.63) is 58.8 Å². The molecule has 0 spiro atoms. The summed E-state index contributed by atoms with van der Waals surface area (Å²) >= 11 is 3.43. The molecule has 0 aromatic heterocycles. The van der Waals surface area contributed by atoms with E-state index in [1.807, 2.05) is 29.2 Å². The number of ether oxygens (including phenoxy) is 3. The van der Waals surface area contributed by atoms with Gasteiger partial charge in [0.1, 0.15) is 17.5 Å². The lowest BCUT2D eigenvalue weighted by Crippen LogP contribution is -2.44. The highest BCUT2D eigenvalue weighted by Crippen LogP contribution is 2.28. The van der Waals surface area contributed by atoms with Gasteiger partial charge in [-0.3, -0.25) is 9.69 Å². The Hall–Kier alpha value is -3.67. The van der Waals surface area contributed by atoms with Gasteiger partial charge in [0.05, 0.1) is 0 Å². The summed E-state index contributed by atoms with van der Waals surface area (Å²) in [5.74, 6) is -1.70. The Labute approximate surface area is 241 Å². The van der Waals surface area contributed by atoms with Gasteiger partial charge in [-0.15, -0.1) is 0 Å². The normalized spacial score (nSPS) is 14.8. The number of hydrogen-bond acceptors (Lipinski definition) is 8. The Morgan fingerprint density at radius 1 is 1.02 bits per heavy atom. The van der Waals surface area contributed by atoms with Crippen LogP contribution < -0.4 is 4.90 Å². The van der Waals surface area contributed by atoms with Crippen LogP contribution in [-0.2, 0) is 23.8 Å². The fourth-order valence-corrected chi connectivity index (χ4v) is 4.50. The number of anilines is 2. The van der Waals surface area contributed by atoms with Crippen molar-refractivity contribution in [2.45, 2.75) is 52.2 Å². The maximum atomic E-state index is 13.5. The van der Waals surface area contributed by atoms with Gasteiger partial charge in [0, 0.05) is 42.4 Å². The average Bonchev–Trinajstić information content (AvgIpc) is 3.37. The number of rotatable bonds is 8. The Balaban J connectivity index is 1.60. The van der Waals surface area contributed by atoms with Gasteiger partial charge in [0.25, 0.3) is 0 Å². The summed E-state index contributed by atoms with van der Waals surface area (Å²) in [5, 5.41) is 0. The molecule has 1 saturated heterocycles. The van der Waals surface area contributed by atoms with Crippen molar-refractivity contribution in [2.75, 3.05) is 31.3 Å². The van der Waals surface area contributed by atoms with Crippen LogP contribution in [0.5, 0.6) is 0 Å². The van der Waals surface area contributed by atoms with Crippen LogP contribution in [0, 0.1) is 5.82 Å². The molecule has 0 N–H and O–H groups in total. The monoisotopic (exact) mass is 621 g/mol. The van der Waals surface area contributed by atoms with E-state index in [1.54, 1.807) is 32.9 Å². The van der Waals surface area contributed by atoms with Crippen LogP contribution in [0.15, 0.2) is 53.0 Å². The number of halogens is 2. The van der Waals surface area contributed by atoms with Crippen molar-refractivity contribution < 1.29 is 37.8 Å². The summed E-state index contributed by atoms with van der Waals surface area (Å²) in [6, 6.07) is 12.3. The third kappa shape index (κ3) is 8.67. The largest absolute Gasteiger partial charge is 0.444 e. The molecule has 2 aromatic rings. The molecule has 216 valence electrons. The van der Waals surface area contributed by atoms with Crippen LogP contribution in [0.3, 0.4) is 0 Å². The summed E-state index contributed by atoms with van der Waals surface area (Å²) in [7, 11) is 0. The molecule has 2 aromatic carbocycles. The molecule has 0 saturated carbocycles. The smallest absolute Gasteiger partial charge is 0.419 e. The topological polar surface area (TPSA) is 106 Å². The van der Waals surface area contributed by atoms with Crippen molar-refractivity contribution in [2.24, 2.45) is 0 Å². The molecule has 10 nitrogen and oxygen atoms in total. The highest BCUT2D eigenvalue weighted by Gasteiger charge is 2.38. The lowest BCUT2D eigenvalue weighted by molar-refractivity contribution is -0.157. The standard InChI is InChI=1S/C28H33BrFN3O7/c1-19(34)31(15-16-32(22-12-10-21(30)11-13-22)23-8-5-7-20(29)17-23)26(36)39-18-38-25(35)24-9-6-14-33(24)27(37)40-28(2,3)4/h5,7-8,10-13,17,24H,6,9,14-16,18H2,1-4H3. The van der Waals surface area contributed by atoms with Gasteiger partial charge < -0.3 is 19.1 Å². The van der Waals surface area contributed by atoms with Crippen molar-refractivity contribution in [1.82, 2.24) is 9.80 Å². The zero-order chi connectivity index (χ0) is 29.4. The Morgan fingerprint density at radius 2 is 1.73 bits per heavy atom. The van der Waals surface area contributed by atoms with E-state index >= 15 is 0 Å². The fraction of sp³-hybridized carbons (Fsp3) is 0.429. The second-order valence-corrected chi connectivity index (χ2v) is 11.0. The Morgan fingerprint density at radius 3 is 2.35 bits per heavy atom. The Bertz CT molecular complexity index is 1220. The van der Waals surface area contributed by atoms with Gasteiger partial charge in [0.2, 0.25) is 12.7 Å². The second-order valence-electron chi connectivity index (χ2n) is 10.1. The lowest BCUT2D eigenvalue weighted by atomic mass is 10.2. The highest BCUT2D eigenvalue weighted by atomic mass is 79.9. The maximum Gasteiger partial charge on any atom is 0.419 e. The molecule has 1 atom stereocenters. The third-order valence-electron chi connectivity index (χ3n) is 5.94. The van der Waals surface area contributed by atoms with E-state index in [1.165, 1.54) is 24.0 Å². The van der Waals surface area contributed by atoms with Gasteiger partial charge in [-0.1, -0.05) is 22.0 Å². The van der Waals surface area contributed by atoms with Crippen LogP contribution in [0.25, 0.3) is 0 Å². The zero-order valence-corrected chi connectivity index (χ0v) is 24.5. The molecule has 40 heavy (non-hydrogen) atoms. The van der Waals surface area contributed by atoms with E-state index < -0.39 is 48.3 Å². The number of amides is 3. The van der Waals surface area contributed by atoms with Crippen LogP contribution in [0.4, 0.5) is 25.4 Å². The van der Waals surface area contributed by atoms with Crippen LogP contribution in [0.2, 0.25) is 0 Å². The van der Waals surface area contributed by atoms with Gasteiger partial charge in [-0.25, -0.2) is 23.7 Å². The molecule has 1 fully saturated rings. The number of likely N-dealkylation sites (tertiary alicyclic amines) is 1. The van der Waals surface area contributed by atoms with E-state index in [0.717, 1.165) is 15.1 Å². The quantitative estimate of drug-likeness (QED) is 0.276. The predicted molar refractivity (Wildman–Crippen MR) is 148 cm³/mol. The summed E-state index contributed by atoms with van der Waals surface area (Å²) in [6.07, 6.45) is -0.633. The van der Waals surface area contributed by atoms with Gasteiger partial charge >= 0.3 is 18.2 Å². The van der Waals surface area contributed by atoms with Gasteiger partial charge in [-0.05, 0) is 76.1 Å². The minimum Gasteiger partial charge on any atom is -0.444 e. The molecular formula is C28H33BrFN3O7. The van der Waals surface area contributed by atoms with E-state index in [4.69, 9.17) is 14.2 Å². The molecule has 0 bridgehead atoms. The SMILES string of the molecule is CC(=O)N(CCN(c1ccc(F)cc1)c1cccc(Br)c1)C(=O)OCOC(=O)C1CCCN1C(=O)OC(C)(C)C. The summed E-state index contributed by atoms with van der Waals surface area (Å²) in [5.41, 5.74) is 0.678. The Kier molecular flexibility index (Phi) is 10.5. The van der Waals surface area contributed by atoms with Crippen LogP contribution in [0.1, 0.15) is 40.5 Å². The minimum atomic E-state index is -0.996. The predicted octanol–water partition coefficient (Wildman–Crippen LogP) is 5.61. The molecule has 12 heteroatoms. The first-order valence-corrected chi connectivity index (χ1v) is 13.5. The zero-order valence-electron chi connectivity index (χ0n) is 22.9. The number of benzene rings is 2. The fourth-order valence-electron chi connectivity index (χ4n) is 4.11. The van der Waals surface area contributed by atoms with Gasteiger partial charge in [0.15, 0.2) is 0 Å². The van der Waals surface area contributed by atoms with E-state index in [9.17, 15) is 23.6 Å². The van der Waals surface area contributed by atoms with E-state index in [-0.39, 0.29) is 13.1 Å². The first kappa shape index (κ1) is 30.9. The van der Waals surface area contributed by atoms with Gasteiger partial charge in [-0.2, -0.15) is 0 Å². The summed E-state index contributed by atoms with van der Waals surface area (Å²) in [4.78, 5) is 54.1. The minimum absolute atomic E-state index is 0.0684. The molecule has 1 unspecified atom stereocenters. The van der Waals surface area contributed by atoms with E-state index in [0.29, 0.717) is 25.1 Å². The molecule has 3 rings (SSSR count). The first-order valence-electron chi connectivity index (χ1n) is 12.8. The number of carbonyl (C=O) groups is 4. The van der Waals surface area contributed by atoms with Crippen LogP contribution in [-0.4, -0.2) is 71.9 Å². The maximum absolute atomic E-state index is 13.5. The lowest BCUT2D eigenvalue weighted by Gasteiger charge is -2.28. The number of nitrogens with zero attached hydrogens (tertiary/aromatic N) is 3. The summed E-state index contributed by atoms with van der Waals surface area (Å²) < 4.78 is 29.9. The molecule has 1 aliphatic rings. The average molecular weight is 622 g/mol. The van der Waals surface area contributed by atoms with Crippen molar-refractivity contribution in [3.8, 4) is 0 Å². The van der Waals surface area contributed by atoms with E-state index in [2.05, 4.69) is 15.9 Å². The molecule has 3 amide bonds. The third-order valence-corrected chi connectivity index (χ3v) is 6.44. The number of carbonyl (C=O) groups excluding carboxylic acids is 4. The van der Waals surface area contributed by atoms with Crippen molar-refractivity contribution in [1.29, 1.82) is 0 Å². The number of esters is 1. The van der Waals surface area contributed by atoms with Crippen LogP contribution >= 0.6 is 15.9 Å². The first-order chi connectivity index (χ1) is 18.9. The molecule has 1 heterocycles. The summed E-state index contributed by atoms with van der Waals surface area (Å²) in [6.45, 7) is 6.11. The van der Waals surface area contributed by atoms with Crippen molar-refractivity contribution >= 4 is 51.4 Å². The molecule has 0 aliphatic carbocycles. The molecular weight excluding hydrogens is 589 g/mol. The van der Waals surface area contributed by atoms with Crippen molar-refractivity contribution in [3.63, 3.8) is 0 Å². The second kappa shape index (κ2) is 13.6. The number of hydrogen-bond donors (Lipinski definition) is 0. The highest BCUT2D eigenvalue weighted by molar-refractivity contribution is 9.10. The molecule has 0 radical (unpaired) electrons. The molecule has 1 aliphatic heterocycles. The number of imide groups is 1.